The number of ether oxygens (including phenoxy) is 1. The first-order valence-electron chi connectivity index (χ1n) is 8.57. The summed E-state index contributed by atoms with van der Waals surface area (Å²) in [5.74, 6) is 0.0502. The highest BCUT2D eigenvalue weighted by molar-refractivity contribution is 8.04. The minimum atomic E-state index is -3.90. The van der Waals surface area contributed by atoms with Crippen LogP contribution >= 0.6 is 11.8 Å². The molecule has 1 saturated heterocycles. The Kier molecular flexibility index (Phi) is 5.93. The molecule has 1 unspecified atom stereocenters. The van der Waals surface area contributed by atoms with Gasteiger partial charge in [-0.05, 0) is 65.8 Å². The molecule has 1 fully saturated rings. The first-order valence-corrected chi connectivity index (χ1v) is 10.8. The zero-order valence-corrected chi connectivity index (χ0v) is 18.5. The number of methoxy groups -OCH3 is 1. The van der Waals surface area contributed by atoms with Crippen molar-refractivity contribution in [3.8, 4) is 5.75 Å². The summed E-state index contributed by atoms with van der Waals surface area (Å²) >= 11 is 1.30. The Hall–Kier alpha value is -1.29. The number of sulfonamides is 1. The summed E-state index contributed by atoms with van der Waals surface area (Å²) in [5.41, 5.74) is 1.84. The molecule has 1 aromatic rings. The molecule has 1 N–H and O–H groups in total. The van der Waals surface area contributed by atoms with Crippen LogP contribution < -0.4 is 10.2 Å². The zero-order valence-electron chi connectivity index (χ0n) is 16.8. The smallest absolute Gasteiger partial charge is 0.275 e. The largest absolute Gasteiger partial charge is 0.497 e. The SMILES string of the molecule is COc1ccc(S(=O)(=O)N2CC(C)(C)SC2(C)C(=O)NOC(C)(C)C)cc1. The van der Waals surface area contributed by atoms with Crippen molar-refractivity contribution in [3.05, 3.63) is 24.3 Å². The predicted molar refractivity (Wildman–Crippen MR) is 106 cm³/mol. The lowest BCUT2D eigenvalue weighted by Gasteiger charge is -2.32. The van der Waals surface area contributed by atoms with Gasteiger partial charge in [0, 0.05) is 11.3 Å². The molecule has 2 rings (SSSR count). The van der Waals surface area contributed by atoms with Crippen LogP contribution in [0.5, 0.6) is 5.75 Å². The van der Waals surface area contributed by atoms with E-state index in [1.807, 2.05) is 13.8 Å². The van der Waals surface area contributed by atoms with Gasteiger partial charge in [0.25, 0.3) is 5.91 Å². The van der Waals surface area contributed by atoms with Crippen molar-refractivity contribution in [2.45, 2.75) is 61.7 Å². The fraction of sp³-hybridized carbons (Fsp3) is 0.611. The van der Waals surface area contributed by atoms with E-state index in [4.69, 9.17) is 9.57 Å². The van der Waals surface area contributed by atoms with Gasteiger partial charge >= 0.3 is 0 Å². The van der Waals surface area contributed by atoms with E-state index in [2.05, 4.69) is 5.48 Å². The van der Waals surface area contributed by atoms with E-state index in [0.717, 1.165) is 0 Å². The Balaban J connectivity index is 2.39. The summed E-state index contributed by atoms with van der Waals surface area (Å²) in [6.07, 6.45) is 0. The summed E-state index contributed by atoms with van der Waals surface area (Å²) in [6.45, 7) is 11.0. The first-order chi connectivity index (χ1) is 12.2. The van der Waals surface area contributed by atoms with E-state index < -0.39 is 31.1 Å². The van der Waals surface area contributed by atoms with Crippen LogP contribution in [0.4, 0.5) is 0 Å². The van der Waals surface area contributed by atoms with Gasteiger partial charge in [0.15, 0.2) is 4.87 Å². The Labute approximate surface area is 165 Å². The average molecular weight is 417 g/mol. The summed E-state index contributed by atoms with van der Waals surface area (Å²) in [5, 5.41) is 0. The number of nitrogens with zero attached hydrogens (tertiary/aromatic N) is 1. The fourth-order valence-electron chi connectivity index (χ4n) is 2.76. The zero-order chi connectivity index (χ0) is 20.7. The van der Waals surface area contributed by atoms with Gasteiger partial charge in [-0.1, -0.05) is 0 Å². The van der Waals surface area contributed by atoms with Crippen LogP contribution in [0.15, 0.2) is 29.2 Å². The van der Waals surface area contributed by atoms with Crippen molar-refractivity contribution >= 4 is 27.7 Å². The number of rotatable bonds is 5. The normalized spacial score (nSPS) is 23.2. The number of hydrogen-bond acceptors (Lipinski definition) is 6. The van der Waals surface area contributed by atoms with Crippen molar-refractivity contribution in [3.63, 3.8) is 0 Å². The van der Waals surface area contributed by atoms with Crippen LogP contribution in [-0.2, 0) is 19.7 Å². The van der Waals surface area contributed by atoms with Gasteiger partial charge < -0.3 is 4.74 Å². The fourth-order valence-corrected chi connectivity index (χ4v) is 6.59. The number of hydroxylamine groups is 1. The van der Waals surface area contributed by atoms with Crippen LogP contribution in [0.2, 0.25) is 0 Å². The van der Waals surface area contributed by atoms with Crippen molar-refractivity contribution in [1.29, 1.82) is 0 Å². The van der Waals surface area contributed by atoms with Gasteiger partial charge in [0.05, 0.1) is 17.6 Å². The van der Waals surface area contributed by atoms with Crippen LogP contribution in [0.25, 0.3) is 0 Å². The van der Waals surface area contributed by atoms with Gasteiger partial charge in [-0.15, -0.1) is 11.8 Å². The van der Waals surface area contributed by atoms with Crippen molar-refractivity contribution in [1.82, 2.24) is 9.79 Å². The summed E-state index contributed by atoms with van der Waals surface area (Å²) < 4.78 is 32.5. The van der Waals surface area contributed by atoms with Crippen LogP contribution in [-0.4, -0.2) is 47.5 Å². The molecule has 152 valence electrons. The molecule has 1 heterocycles. The quantitative estimate of drug-likeness (QED) is 0.743. The van der Waals surface area contributed by atoms with Crippen LogP contribution in [0.1, 0.15) is 41.5 Å². The van der Waals surface area contributed by atoms with Gasteiger partial charge in [0.2, 0.25) is 10.0 Å². The monoisotopic (exact) mass is 416 g/mol. The number of amides is 1. The van der Waals surface area contributed by atoms with Crippen molar-refractivity contribution in [2.24, 2.45) is 0 Å². The van der Waals surface area contributed by atoms with Crippen LogP contribution in [0, 0.1) is 0 Å². The maximum atomic E-state index is 13.3. The van der Waals surface area contributed by atoms with Gasteiger partial charge in [-0.2, -0.15) is 4.31 Å². The second-order valence-electron chi connectivity index (χ2n) is 8.18. The Morgan fingerprint density at radius 1 is 1.19 bits per heavy atom. The lowest BCUT2D eigenvalue weighted by Crippen LogP contribution is -2.54. The average Bonchev–Trinajstić information content (AvgIpc) is 2.83. The minimum absolute atomic E-state index is 0.109. The number of carbonyl (C=O) groups excluding carboxylic acids is 1. The molecule has 0 aliphatic carbocycles. The number of hydrogen-bond donors (Lipinski definition) is 1. The van der Waals surface area contributed by atoms with Gasteiger partial charge in [-0.25, -0.2) is 13.9 Å². The summed E-state index contributed by atoms with van der Waals surface area (Å²) in [7, 11) is -2.39. The predicted octanol–water partition coefficient (Wildman–Crippen LogP) is 2.77. The standard InChI is InChI=1S/C18H28N2O5S2/c1-16(2,3)25-19-15(21)18(6)20(12-17(4,5)26-18)27(22,23)14-10-8-13(24-7)9-11-14/h8-11H,12H2,1-7H3,(H,19,21). The molecule has 27 heavy (non-hydrogen) atoms. The van der Waals surface area contributed by atoms with E-state index in [0.29, 0.717) is 5.75 Å². The Bertz CT molecular complexity index is 800. The van der Waals surface area contributed by atoms with E-state index in [1.165, 1.54) is 35.3 Å². The van der Waals surface area contributed by atoms with Crippen LogP contribution in [0.3, 0.4) is 0 Å². The summed E-state index contributed by atoms with van der Waals surface area (Å²) in [6, 6.07) is 6.13. The number of thioether (sulfide) groups is 1. The van der Waals surface area contributed by atoms with Crippen molar-refractivity contribution in [2.75, 3.05) is 13.7 Å². The molecule has 0 spiro atoms. The third-order valence-corrected chi connectivity index (χ3v) is 7.54. The third-order valence-electron chi connectivity index (χ3n) is 3.99. The molecule has 7 nitrogen and oxygen atoms in total. The van der Waals surface area contributed by atoms with Gasteiger partial charge in [-0.3, -0.25) is 9.63 Å². The lowest BCUT2D eigenvalue weighted by atomic mass is 10.2. The maximum absolute atomic E-state index is 13.3. The molecule has 1 atom stereocenters. The molecule has 9 heteroatoms. The van der Waals surface area contributed by atoms with E-state index in [9.17, 15) is 13.2 Å². The molecule has 0 aromatic heterocycles. The second-order valence-corrected chi connectivity index (χ2v) is 12.1. The molecule has 0 bridgehead atoms. The molecule has 1 aliphatic rings. The van der Waals surface area contributed by atoms with E-state index >= 15 is 0 Å². The molecule has 1 aromatic carbocycles. The Morgan fingerprint density at radius 2 is 1.74 bits per heavy atom. The molecule has 0 saturated carbocycles. The number of nitrogens with one attached hydrogen (secondary N) is 1. The minimum Gasteiger partial charge on any atom is -0.497 e. The molecule has 1 aliphatic heterocycles. The molecular formula is C18H28N2O5S2. The number of benzene rings is 1. The maximum Gasteiger partial charge on any atom is 0.275 e. The highest BCUT2D eigenvalue weighted by Gasteiger charge is 2.57. The summed E-state index contributed by atoms with van der Waals surface area (Å²) in [4.78, 5) is 17.1. The molecular weight excluding hydrogens is 388 g/mol. The topological polar surface area (TPSA) is 84.9 Å². The molecule has 0 radical (unpaired) electrons. The molecule has 1 amide bonds. The van der Waals surface area contributed by atoms with E-state index in [-0.39, 0.29) is 11.4 Å². The number of carbonyl (C=O) groups is 1. The lowest BCUT2D eigenvalue weighted by molar-refractivity contribution is -0.150. The van der Waals surface area contributed by atoms with E-state index in [1.54, 1.807) is 39.8 Å². The highest BCUT2D eigenvalue weighted by Crippen LogP contribution is 2.49. The highest BCUT2D eigenvalue weighted by atomic mass is 32.2. The second kappa shape index (κ2) is 7.27. The van der Waals surface area contributed by atoms with Crippen molar-refractivity contribution < 1.29 is 22.8 Å². The first kappa shape index (κ1) is 22.0. The Morgan fingerprint density at radius 3 is 2.22 bits per heavy atom. The van der Waals surface area contributed by atoms with Gasteiger partial charge in [0.1, 0.15) is 5.75 Å². The third kappa shape index (κ3) is 4.77.